The van der Waals surface area contributed by atoms with Crippen LogP contribution in [0.2, 0.25) is 0 Å². The van der Waals surface area contributed by atoms with E-state index < -0.39 is 17.9 Å². The molecule has 0 bridgehead atoms. The van der Waals surface area contributed by atoms with Crippen LogP contribution in [0, 0.1) is 12.3 Å². The van der Waals surface area contributed by atoms with E-state index in [4.69, 9.17) is 11.5 Å². The maximum absolute atomic E-state index is 11.3. The molecule has 0 saturated carbocycles. The summed E-state index contributed by atoms with van der Waals surface area (Å²) < 4.78 is 0. The number of rotatable bonds is 4. The Morgan fingerprint density at radius 3 is 2.88 bits per heavy atom. The first-order chi connectivity index (χ1) is 7.56. The fraction of sp³-hybridized carbons (Fsp3) is 0.500. The molecule has 0 aliphatic carbocycles. The van der Waals surface area contributed by atoms with E-state index in [9.17, 15) is 14.4 Å². The number of aliphatic carboxylic acids is 1. The number of terminal acetylenes is 1. The van der Waals surface area contributed by atoms with Crippen LogP contribution in [-0.2, 0) is 14.4 Å². The lowest BCUT2D eigenvalue weighted by molar-refractivity contribution is -0.147. The molecule has 0 aromatic rings. The van der Waals surface area contributed by atoms with E-state index in [0.717, 1.165) is 4.90 Å². The fourth-order valence-electron chi connectivity index (χ4n) is 1.55. The van der Waals surface area contributed by atoms with Gasteiger partial charge in [0.1, 0.15) is 12.6 Å². The average Bonchev–Trinajstić information content (AvgIpc) is 2.58. The van der Waals surface area contributed by atoms with Crippen molar-refractivity contribution in [2.45, 2.75) is 18.9 Å². The van der Waals surface area contributed by atoms with Gasteiger partial charge < -0.3 is 15.3 Å². The lowest BCUT2D eigenvalue weighted by atomic mass is 10.2. The molecule has 1 atom stereocenters. The number of amides is 2. The molecule has 6 nitrogen and oxygen atoms in total. The molecule has 1 unspecified atom stereocenters. The van der Waals surface area contributed by atoms with Gasteiger partial charge in [-0.3, -0.25) is 9.59 Å². The zero-order valence-corrected chi connectivity index (χ0v) is 8.60. The van der Waals surface area contributed by atoms with E-state index >= 15 is 0 Å². The number of carboxylic acids is 1. The quantitative estimate of drug-likeness (QED) is 0.588. The lowest BCUT2D eigenvalue weighted by Gasteiger charge is -2.20. The zero-order chi connectivity index (χ0) is 12.1. The summed E-state index contributed by atoms with van der Waals surface area (Å²) in [6, 6.07) is -0.899. The van der Waals surface area contributed by atoms with Crippen LogP contribution < -0.4 is 5.32 Å². The number of carboxylic acid groups (broad SMARTS) is 1. The third-order valence-electron chi connectivity index (χ3n) is 2.31. The Labute approximate surface area is 92.6 Å². The third kappa shape index (κ3) is 2.73. The first-order valence-corrected chi connectivity index (χ1v) is 4.78. The molecule has 2 amide bonds. The van der Waals surface area contributed by atoms with Crippen LogP contribution in [0.3, 0.4) is 0 Å². The molecule has 0 aromatic heterocycles. The SMILES string of the molecule is C#CCNC(=O)CN1C(=O)CCC1C(=O)O. The molecular weight excluding hydrogens is 212 g/mol. The van der Waals surface area contributed by atoms with Gasteiger partial charge in [0.05, 0.1) is 6.54 Å². The van der Waals surface area contributed by atoms with E-state index in [1.165, 1.54) is 0 Å². The smallest absolute Gasteiger partial charge is 0.326 e. The predicted molar refractivity (Wildman–Crippen MR) is 54.2 cm³/mol. The summed E-state index contributed by atoms with van der Waals surface area (Å²) in [4.78, 5) is 34.5. The Morgan fingerprint density at radius 2 is 2.31 bits per heavy atom. The molecule has 1 aliphatic heterocycles. The van der Waals surface area contributed by atoms with Crippen molar-refractivity contribution in [3.63, 3.8) is 0 Å². The highest BCUT2D eigenvalue weighted by Crippen LogP contribution is 2.18. The summed E-state index contributed by atoms with van der Waals surface area (Å²) in [5, 5.41) is 11.2. The van der Waals surface area contributed by atoms with Gasteiger partial charge in [-0.15, -0.1) is 6.42 Å². The van der Waals surface area contributed by atoms with Crippen molar-refractivity contribution in [2.75, 3.05) is 13.1 Å². The first-order valence-electron chi connectivity index (χ1n) is 4.78. The molecule has 1 fully saturated rings. The van der Waals surface area contributed by atoms with Gasteiger partial charge in [-0.25, -0.2) is 4.79 Å². The molecule has 1 saturated heterocycles. The van der Waals surface area contributed by atoms with Gasteiger partial charge in [0.15, 0.2) is 0 Å². The second-order valence-electron chi connectivity index (χ2n) is 3.40. The molecule has 0 spiro atoms. The maximum Gasteiger partial charge on any atom is 0.326 e. The second-order valence-corrected chi connectivity index (χ2v) is 3.40. The summed E-state index contributed by atoms with van der Waals surface area (Å²) in [6.07, 6.45) is 5.36. The van der Waals surface area contributed by atoms with Crippen molar-refractivity contribution >= 4 is 17.8 Å². The average molecular weight is 224 g/mol. The number of carbonyl (C=O) groups is 3. The summed E-state index contributed by atoms with van der Waals surface area (Å²) in [5.41, 5.74) is 0. The van der Waals surface area contributed by atoms with Crippen molar-refractivity contribution in [2.24, 2.45) is 0 Å². The van der Waals surface area contributed by atoms with Crippen molar-refractivity contribution in [3.8, 4) is 12.3 Å². The highest BCUT2D eigenvalue weighted by atomic mass is 16.4. The number of nitrogens with zero attached hydrogens (tertiary/aromatic N) is 1. The zero-order valence-electron chi connectivity index (χ0n) is 8.60. The molecule has 2 N–H and O–H groups in total. The van der Waals surface area contributed by atoms with E-state index in [-0.39, 0.29) is 31.8 Å². The third-order valence-corrected chi connectivity index (χ3v) is 2.31. The number of hydrogen-bond donors (Lipinski definition) is 2. The molecule has 1 heterocycles. The van der Waals surface area contributed by atoms with Gasteiger partial charge in [0.25, 0.3) is 0 Å². The molecular formula is C10H12N2O4. The molecule has 6 heteroatoms. The van der Waals surface area contributed by atoms with E-state index in [1.54, 1.807) is 0 Å². The molecule has 16 heavy (non-hydrogen) atoms. The van der Waals surface area contributed by atoms with Gasteiger partial charge in [-0.2, -0.15) is 0 Å². The maximum atomic E-state index is 11.3. The van der Waals surface area contributed by atoms with Crippen molar-refractivity contribution in [1.29, 1.82) is 0 Å². The Balaban J connectivity index is 2.57. The van der Waals surface area contributed by atoms with Crippen LogP contribution in [-0.4, -0.2) is 46.9 Å². The van der Waals surface area contributed by atoms with Crippen molar-refractivity contribution < 1.29 is 19.5 Å². The van der Waals surface area contributed by atoms with Gasteiger partial charge >= 0.3 is 5.97 Å². The number of likely N-dealkylation sites (tertiary alicyclic amines) is 1. The van der Waals surface area contributed by atoms with E-state index in [1.807, 2.05) is 0 Å². The summed E-state index contributed by atoms with van der Waals surface area (Å²) in [6.45, 7) is -0.184. The number of hydrogen-bond acceptors (Lipinski definition) is 3. The monoisotopic (exact) mass is 224 g/mol. The minimum absolute atomic E-state index is 0.0681. The summed E-state index contributed by atoms with van der Waals surface area (Å²) >= 11 is 0. The largest absolute Gasteiger partial charge is 0.480 e. The highest BCUT2D eigenvalue weighted by molar-refractivity contribution is 5.91. The topological polar surface area (TPSA) is 86.7 Å². The van der Waals surface area contributed by atoms with Crippen LogP contribution in [0.1, 0.15) is 12.8 Å². The molecule has 0 radical (unpaired) electrons. The molecule has 1 aliphatic rings. The van der Waals surface area contributed by atoms with Gasteiger partial charge in [0.2, 0.25) is 11.8 Å². The number of nitrogens with one attached hydrogen (secondary N) is 1. The molecule has 0 aromatic carbocycles. The Hall–Kier alpha value is -2.03. The van der Waals surface area contributed by atoms with Gasteiger partial charge in [-0.05, 0) is 6.42 Å². The van der Waals surface area contributed by atoms with Crippen LogP contribution in [0.25, 0.3) is 0 Å². The van der Waals surface area contributed by atoms with E-state index in [2.05, 4.69) is 11.2 Å². The van der Waals surface area contributed by atoms with Crippen molar-refractivity contribution in [3.05, 3.63) is 0 Å². The standard InChI is InChI=1S/C10H12N2O4/c1-2-5-11-8(13)6-12-7(10(15)16)3-4-9(12)14/h1,7H,3-6H2,(H,11,13)(H,15,16). The molecule has 1 rings (SSSR count). The fourth-order valence-corrected chi connectivity index (χ4v) is 1.55. The van der Waals surface area contributed by atoms with Gasteiger partial charge in [0, 0.05) is 6.42 Å². The lowest BCUT2D eigenvalue weighted by Crippen LogP contribution is -2.45. The van der Waals surface area contributed by atoms with Crippen LogP contribution in [0.15, 0.2) is 0 Å². The Kier molecular flexibility index (Phi) is 3.89. The summed E-state index contributed by atoms with van der Waals surface area (Å²) in [7, 11) is 0. The highest BCUT2D eigenvalue weighted by Gasteiger charge is 2.36. The minimum atomic E-state index is -1.09. The van der Waals surface area contributed by atoms with Crippen LogP contribution in [0.5, 0.6) is 0 Å². The Bertz CT molecular complexity index is 358. The van der Waals surface area contributed by atoms with Crippen LogP contribution >= 0.6 is 0 Å². The summed E-state index contributed by atoms with van der Waals surface area (Å²) in [5.74, 6) is 0.368. The first kappa shape index (κ1) is 12.0. The van der Waals surface area contributed by atoms with E-state index in [0.29, 0.717) is 0 Å². The van der Waals surface area contributed by atoms with Gasteiger partial charge in [-0.1, -0.05) is 5.92 Å². The van der Waals surface area contributed by atoms with Crippen LogP contribution in [0.4, 0.5) is 0 Å². The predicted octanol–water partition coefficient (Wildman–Crippen LogP) is -1.19. The minimum Gasteiger partial charge on any atom is -0.480 e. The second kappa shape index (κ2) is 5.16. The molecule has 86 valence electrons. The normalized spacial score (nSPS) is 19.3. The number of carbonyl (C=O) groups excluding carboxylic acids is 2. The Morgan fingerprint density at radius 1 is 1.62 bits per heavy atom. The van der Waals surface area contributed by atoms with Crippen molar-refractivity contribution in [1.82, 2.24) is 10.2 Å².